The van der Waals surface area contributed by atoms with Crippen LogP contribution in [0.25, 0.3) is 0 Å². The van der Waals surface area contributed by atoms with Crippen LogP contribution in [0.15, 0.2) is 4.52 Å². The molecular formula is C16H25N3O3. The Bertz CT molecular complexity index is 551. The molecule has 3 heterocycles. The molecule has 0 aromatic carbocycles. The molecule has 2 fully saturated rings. The molecule has 1 N–H and O–H groups in total. The van der Waals surface area contributed by atoms with E-state index in [1.807, 2.05) is 18.7 Å². The van der Waals surface area contributed by atoms with Gasteiger partial charge in [-0.15, -0.1) is 0 Å². The molecule has 2 aliphatic rings. The highest BCUT2D eigenvalue weighted by Gasteiger charge is 2.49. The normalized spacial score (nSPS) is 28.9. The molecule has 0 aliphatic carbocycles. The van der Waals surface area contributed by atoms with E-state index in [2.05, 4.69) is 10.1 Å². The van der Waals surface area contributed by atoms with Gasteiger partial charge in [0.05, 0.1) is 12.3 Å². The smallest absolute Gasteiger partial charge is 0.219 e. The fourth-order valence-corrected chi connectivity index (χ4v) is 4.01. The van der Waals surface area contributed by atoms with Crippen molar-refractivity contribution >= 4 is 5.91 Å². The second-order valence-electron chi connectivity index (χ2n) is 6.90. The van der Waals surface area contributed by atoms with Crippen LogP contribution in [0.3, 0.4) is 0 Å². The molecule has 1 amide bonds. The van der Waals surface area contributed by atoms with Gasteiger partial charge in [0.2, 0.25) is 5.91 Å². The number of amides is 1. The number of aliphatic hydroxyl groups excluding tert-OH is 1. The number of nitrogens with zero attached hydrogens (tertiary/aromatic N) is 3. The molecule has 0 radical (unpaired) electrons. The van der Waals surface area contributed by atoms with Crippen LogP contribution in [0.2, 0.25) is 0 Å². The number of carbonyl (C=O) groups is 1. The van der Waals surface area contributed by atoms with Gasteiger partial charge in [-0.05, 0) is 26.2 Å². The summed E-state index contributed by atoms with van der Waals surface area (Å²) in [5.41, 5.74) is 2.02. The van der Waals surface area contributed by atoms with Crippen LogP contribution in [0, 0.1) is 25.2 Å². The second kappa shape index (κ2) is 5.66. The predicted molar refractivity (Wildman–Crippen MR) is 81.1 cm³/mol. The van der Waals surface area contributed by atoms with Gasteiger partial charge in [0.15, 0.2) is 0 Å². The van der Waals surface area contributed by atoms with Crippen molar-refractivity contribution in [2.75, 3.05) is 32.8 Å². The third-order valence-corrected chi connectivity index (χ3v) is 5.53. The van der Waals surface area contributed by atoms with E-state index in [4.69, 9.17) is 4.52 Å². The summed E-state index contributed by atoms with van der Waals surface area (Å²) in [6.45, 7) is 9.84. The summed E-state index contributed by atoms with van der Waals surface area (Å²) in [7, 11) is 0. The summed E-state index contributed by atoms with van der Waals surface area (Å²) in [6.07, 6.45) is 0.881. The molecule has 3 rings (SSSR count). The third kappa shape index (κ3) is 2.54. The Morgan fingerprint density at radius 3 is 2.82 bits per heavy atom. The van der Waals surface area contributed by atoms with Crippen LogP contribution in [0.4, 0.5) is 0 Å². The van der Waals surface area contributed by atoms with Crippen LogP contribution in [-0.2, 0) is 11.3 Å². The van der Waals surface area contributed by atoms with Crippen molar-refractivity contribution < 1.29 is 14.4 Å². The molecular weight excluding hydrogens is 282 g/mol. The van der Waals surface area contributed by atoms with Gasteiger partial charge in [-0.1, -0.05) is 5.16 Å². The van der Waals surface area contributed by atoms with Gasteiger partial charge in [-0.2, -0.15) is 0 Å². The fourth-order valence-electron chi connectivity index (χ4n) is 4.01. The average molecular weight is 307 g/mol. The van der Waals surface area contributed by atoms with Gasteiger partial charge in [0.1, 0.15) is 5.76 Å². The van der Waals surface area contributed by atoms with Gasteiger partial charge in [0, 0.05) is 50.6 Å². The first-order chi connectivity index (χ1) is 10.4. The second-order valence-corrected chi connectivity index (χ2v) is 6.90. The molecule has 2 saturated heterocycles. The molecule has 0 bridgehead atoms. The zero-order chi connectivity index (χ0) is 15.9. The third-order valence-electron chi connectivity index (χ3n) is 5.53. The molecule has 2 aliphatic heterocycles. The number of aliphatic hydroxyl groups is 1. The molecule has 1 aromatic heterocycles. The van der Waals surface area contributed by atoms with Crippen molar-refractivity contribution in [3.05, 3.63) is 17.0 Å². The topological polar surface area (TPSA) is 69.8 Å². The fraction of sp³-hybridized carbons (Fsp3) is 0.750. The largest absolute Gasteiger partial charge is 0.396 e. The van der Waals surface area contributed by atoms with Crippen molar-refractivity contribution in [1.29, 1.82) is 0 Å². The van der Waals surface area contributed by atoms with Crippen molar-refractivity contribution in [2.45, 2.75) is 33.7 Å². The van der Waals surface area contributed by atoms with E-state index in [1.54, 1.807) is 6.92 Å². The maximum atomic E-state index is 11.6. The van der Waals surface area contributed by atoms with E-state index < -0.39 is 0 Å². The maximum Gasteiger partial charge on any atom is 0.219 e. The maximum absolute atomic E-state index is 11.6. The molecule has 0 saturated carbocycles. The van der Waals surface area contributed by atoms with Gasteiger partial charge in [-0.25, -0.2) is 0 Å². The standard InChI is InChI=1S/C16H25N3O3/c1-11-15(12(2)22-17-11)8-18-6-14-7-19(13(3)21)5-4-16(14,9-18)10-20/h14,20H,4-10H2,1-3H3/t14-,16-/m0/s1. The molecule has 0 spiro atoms. The van der Waals surface area contributed by atoms with E-state index >= 15 is 0 Å². The van der Waals surface area contributed by atoms with Crippen molar-refractivity contribution in [3.63, 3.8) is 0 Å². The monoisotopic (exact) mass is 307 g/mol. The summed E-state index contributed by atoms with van der Waals surface area (Å²) < 4.78 is 5.25. The Hall–Kier alpha value is -1.40. The van der Waals surface area contributed by atoms with Gasteiger partial charge in [0.25, 0.3) is 0 Å². The van der Waals surface area contributed by atoms with Gasteiger partial charge < -0.3 is 14.5 Å². The van der Waals surface area contributed by atoms with E-state index in [9.17, 15) is 9.90 Å². The summed E-state index contributed by atoms with van der Waals surface area (Å²) in [5, 5.41) is 14.0. The first-order valence-corrected chi connectivity index (χ1v) is 7.95. The summed E-state index contributed by atoms with van der Waals surface area (Å²) in [5.74, 6) is 1.35. The van der Waals surface area contributed by atoms with Crippen LogP contribution >= 0.6 is 0 Å². The average Bonchev–Trinajstić information content (AvgIpc) is 3.01. The number of rotatable bonds is 3. The summed E-state index contributed by atoms with van der Waals surface area (Å²) >= 11 is 0. The van der Waals surface area contributed by atoms with E-state index in [-0.39, 0.29) is 17.9 Å². The summed E-state index contributed by atoms with van der Waals surface area (Å²) in [4.78, 5) is 15.9. The number of piperidine rings is 1. The number of likely N-dealkylation sites (tertiary alicyclic amines) is 2. The Kier molecular flexibility index (Phi) is 3.99. The first-order valence-electron chi connectivity index (χ1n) is 7.95. The van der Waals surface area contributed by atoms with Crippen molar-refractivity contribution in [3.8, 4) is 0 Å². The van der Waals surface area contributed by atoms with Crippen LogP contribution in [-0.4, -0.2) is 58.8 Å². The molecule has 6 nitrogen and oxygen atoms in total. The van der Waals surface area contributed by atoms with E-state index in [0.717, 1.165) is 56.2 Å². The highest BCUT2D eigenvalue weighted by Crippen LogP contribution is 2.43. The lowest BCUT2D eigenvalue weighted by Crippen LogP contribution is -2.50. The molecule has 6 heteroatoms. The van der Waals surface area contributed by atoms with Crippen LogP contribution in [0.1, 0.15) is 30.4 Å². The highest BCUT2D eigenvalue weighted by atomic mass is 16.5. The van der Waals surface area contributed by atoms with E-state index in [1.165, 1.54) is 0 Å². The number of hydrogen-bond acceptors (Lipinski definition) is 5. The molecule has 0 unspecified atom stereocenters. The minimum absolute atomic E-state index is 0.0646. The lowest BCUT2D eigenvalue weighted by molar-refractivity contribution is -0.133. The van der Waals surface area contributed by atoms with Crippen molar-refractivity contribution in [1.82, 2.24) is 15.0 Å². The highest BCUT2D eigenvalue weighted by molar-refractivity contribution is 5.73. The molecule has 2 atom stereocenters. The predicted octanol–water partition coefficient (Wildman–Crippen LogP) is 0.954. The SMILES string of the molecule is CC(=O)N1CC[C@@]2(CO)CN(Cc3c(C)noc3C)C[C@H]2C1. The lowest BCUT2D eigenvalue weighted by Gasteiger charge is -2.42. The zero-order valence-electron chi connectivity index (χ0n) is 13.6. The Labute approximate surface area is 131 Å². The van der Waals surface area contributed by atoms with Gasteiger partial charge in [-0.3, -0.25) is 9.69 Å². The molecule has 1 aromatic rings. The minimum atomic E-state index is -0.0646. The quantitative estimate of drug-likeness (QED) is 0.900. The summed E-state index contributed by atoms with van der Waals surface area (Å²) in [6, 6.07) is 0. The minimum Gasteiger partial charge on any atom is -0.396 e. The van der Waals surface area contributed by atoms with Crippen LogP contribution < -0.4 is 0 Å². The van der Waals surface area contributed by atoms with Crippen molar-refractivity contribution in [2.24, 2.45) is 11.3 Å². The molecule has 22 heavy (non-hydrogen) atoms. The Morgan fingerprint density at radius 1 is 1.45 bits per heavy atom. The number of aromatic nitrogens is 1. The first kappa shape index (κ1) is 15.5. The van der Waals surface area contributed by atoms with E-state index in [0.29, 0.717) is 5.92 Å². The van der Waals surface area contributed by atoms with Crippen LogP contribution in [0.5, 0.6) is 0 Å². The number of aryl methyl sites for hydroxylation is 2. The zero-order valence-corrected chi connectivity index (χ0v) is 13.6. The lowest BCUT2D eigenvalue weighted by atomic mass is 9.73. The van der Waals surface area contributed by atoms with Gasteiger partial charge >= 0.3 is 0 Å². The number of fused-ring (bicyclic) bond motifs is 1. The molecule has 122 valence electrons. The number of carbonyl (C=O) groups excluding carboxylic acids is 1. The number of hydrogen-bond donors (Lipinski definition) is 1. The Morgan fingerprint density at radius 2 is 2.23 bits per heavy atom. The Balaban J connectivity index is 1.74.